The molecule has 0 aliphatic rings. The number of aromatic nitrogens is 1. The first-order chi connectivity index (χ1) is 7.00. The summed E-state index contributed by atoms with van der Waals surface area (Å²) in [5.74, 6) is 0.869. The van der Waals surface area contributed by atoms with Gasteiger partial charge in [-0.3, -0.25) is 0 Å². The third-order valence-electron chi connectivity index (χ3n) is 2.24. The van der Waals surface area contributed by atoms with Gasteiger partial charge in [-0.1, -0.05) is 20.8 Å². The van der Waals surface area contributed by atoms with Gasteiger partial charge in [0.05, 0.1) is 22.3 Å². The minimum absolute atomic E-state index is 0.122. The zero-order valence-corrected chi connectivity index (χ0v) is 10.3. The maximum atomic E-state index is 5.18. The largest absolute Gasteiger partial charge is 0.497 e. The average molecular weight is 221 g/mol. The van der Waals surface area contributed by atoms with E-state index < -0.39 is 0 Å². The Kier molecular flexibility index (Phi) is 2.43. The third kappa shape index (κ3) is 1.97. The monoisotopic (exact) mass is 221 g/mol. The second-order valence-corrected chi connectivity index (χ2v) is 5.63. The van der Waals surface area contributed by atoms with E-state index in [1.54, 1.807) is 18.4 Å². The molecule has 0 aliphatic heterocycles. The molecule has 0 amide bonds. The maximum absolute atomic E-state index is 5.18. The minimum Gasteiger partial charge on any atom is -0.497 e. The zero-order chi connectivity index (χ0) is 11.1. The van der Waals surface area contributed by atoms with E-state index in [4.69, 9.17) is 4.74 Å². The molecule has 0 saturated heterocycles. The lowest BCUT2D eigenvalue weighted by molar-refractivity contribution is 0.415. The molecule has 2 rings (SSSR count). The Labute approximate surface area is 93.9 Å². The Hall–Kier alpha value is -1.09. The van der Waals surface area contributed by atoms with Gasteiger partial charge in [0.1, 0.15) is 5.75 Å². The number of methoxy groups -OCH3 is 1. The van der Waals surface area contributed by atoms with Gasteiger partial charge in [-0.25, -0.2) is 4.98 Å². The van der Waals surface area contributed by atoms with Gasteiger partial charge >= 0.3 is 0 Å². The molecule has 0 atom stereocenters. The Balaban J connectivity index is 2.56. The van der Waals surface area contributed by atoms with Gasteiger partial charge in [0, 0.05) is 11.5 Å². The number of benzene rings is 1. The van der Waals surface area contributed by atoms with Crippen molar-refractivity contribution in [2.24, 2.45) is 0 Å². The molecule has 0 unspecified atom stereocenters. The smallest absolute Gasteiger partial charge is 0.121 e. The highest BCUT2D eigenvalue weighted by atomic mass is 32.1. The summed E-state index contributed by atoms with van der Waals surface area (Å²) in [4.78, 5) is 4.63. The Morgan fingerprint density at radius 1 is 1.27 bits per heavy atom. The van der Waals surface area contributed by atoms with Crippen LogP contribution < -0.4 is 4.74 Å². The molecule has 0 bridgehead atoms. The van der Waals surface area contributed by atoms with Crippen LogP contribution >= 0.6 is 11.3 Å². The lowest BCUT2D eigenvalue weighted by atomic mass is 9.98. The van der Waals surface area contributed by atoms with E-state index in [1.807, 2.05) is 12.1 Å². The van der Waals surface area contributed by atoms with Crippen molar-refractivity contribution in [2.75, 3.05) is 7.11 Å². The van der Waals surface area contributed by atoms with Crippen LogP contribution in [0.5, 0.6) is 5.75 Å². The fourth-order valence-electron chi connectivity index (χ4n) is 1.36. The van der Waals surface area contributed by atoms with E-state index in [0.717, 1.165) is 11.3 Å². The second kappa shape index (κ2) is 3.49. The summed E-state index contributed by atoms with van der Waals surface area (Å²) in [6.45, 7) is 6.55. The van der Waals surface area contributed by atoms with Crippen LogP contribution in [-0.4, -0.2) is 12.1 Å². The highest BCUT2D eigenvalue weighted by Crippen LogP contribution is 2.32. The summed E-state index contributed by atoms with van der Waals surface area (Å²) >= 11 is 1.76. The van der Waals surface area contributed by atoms with Gasteiger partial charge < -0.3 is 4.74 Å². The molecular formula is C12H15NOS. The molecule has 0 spiro atoms. The minimum atomic E-state index is 0.122. The zero-order valence-electron chi connectivity index (χ0n) is 9.50. The van der Waals surface area contributed by atoms with E-state index in [-0.39, 0.29) is 5.41 Å². The molecule has 1 aromatic heterocycles. The van der Waals surface area contributed by atoms with Crippen LogP contribution in [0.1, 0.15) is 25.8 Å². The van der Waals surface area contributed by atoms with Crippen molar-refractivity contribution in [2.45, 2.75) is 26.2 Å². The first-order valence-electron chi connectivity index (χ1n) is 4.96. The Bertz CT molecular complexity index is 482. The van der Waals surface area contributed by atoms with Crippen LogP contribution in [0.3, 0.4) is 0 Å². The Morgan fingerprint density at radius 2 is 2.00 bits per heavy atom. The number of hydrogen-bond acceptors (Lipinski definition) is 3. The van der Waals surface area contributed by atoms with Gasteiger partial charge in [-0.2, -0.15) is 0 Å². The molecule has 0 radical (unpaired) electrons. The van der Waals surface area contributed by atoms with Gasteiger partial charge in [0.2, 0.25) is 0 Å². The van der Waals surface area contributed by atoms with Gasteiger partial charge in [-0.05, 0) is 12.1 Å². The van der Waals surface area contributed by atoms with Crippen molar-refractivity contribution < 1.29 is 4.74 Å². The molecule has 0 fully saturated rings. The molecule has 1 aromatic carbocycles. The lowest BCUT2D eigenvalue weighted by Crippen LogP contribution is -2.09. The molecule has 0 N–H and O–H groups in total. The average Bonchev–Trinajstić information content (AvgIpc) is 2.59. The van der Waals surface area contributed by atoms with Crippen LogP contribution in [0.25, 0.3) is 10.2 Å². The van der Waals surface area contributed by atoms with Crippen LogP contribution in [0, 0.1) is 0 Å². The second-order valence-electron chi connectivity index (χ2n) is 4.60. The molecular weight excluding hydrogens is 206 g/mol. The third-order valence-corrected chi connectivity index (χ3v) is 3.70. The predicted molar refractivity (Wildman–Crippen MR) is 64.9 cm³/mol. The molecule has 15 heavy (non-hydrogen) atoms. The number of hydrogen-bond donors (Lipinski definition) is 0. The van der Waals surface area contributed by atoms with Gasteiger partial charge in [-0.15, -0.1) is 11.3 Å². The normalized spacial score (nSPS) is 12.0. The highest BCUT2D eigenvalue weighted by Gasteiger charge is 2.18. The van der Waals surface area contributed by atoms with Crippen LogP contribution in [-0.2, 0) is 5.41 Å². The quantitative estimate of drug-likeness (QED) is 0.734. The van der Waals surface area contributed by atoms with Crippen LogP contribution in [0.4, 0.5) is 0 Å². The number of rotatable bonds is 1. The molecule has 1 heterocycles. The van der Waals surface area contributed by atoms with Crippen LogP contribution in [0.2, 0.25) is 0 Å². The fraction of sp³-hybridized carbons (Fsp3) is 0.417. The van der Waals surface area contributed by atoms with E-state index in [9.17, 15) is 0 Å². The van der Waals surface area contributed by atoms with E-state index in [0.29, 0.717) is 0 Å². The summed E-state index contributed by atoms with van der Waals surface area (Å²) in [5, 5.41) is 1.17. The van der Waals surface area contributed by atoms with Crippen molar-refractivity contribution in [3.63, 3.8) is 0 Å². The van der Waals surface area contributed by atoms with E-state index in [1.165, 1.54) is 9.71 Å². The number of fused-ring (bicyclic) bond motifs is 1. The van der Waals surface area contributed by atoms with Crippen molar-refractivity contribution >= 4 is 21.6 Å². The fourth-order valence-corrected chi connectivity index (χ4v) is 2.36. The van der Waals surface area contributed by atoms with Crippen LogP contribution in [0.15, 0.2) is 18.2 Å². The SMILES string of the molecule is COc1ccc2sc(C(C)(C)C)nc2c1. The maximum Gasteiger partial charge on any atom is 0.121 e. The summed E-state index contributed by atoms with van der Waals surface area (Å²) in [5.41, 5.74) is 1.15. The van der Waals surface area contributed by atoms with Crippen molar-refractivity contribution in [1.82, 2.24) is 4.98 Å². The first kappa shape index (κ1) is 10.4. The van der Waals surface area contributed by atoms with Crippen molar-refractivity contribution in [1.29, 1.82) is 0 Å². The summed E-state index contributed by atoms with van der Waals surface area (Å²) in [7, 11) is 1.68. The predicted octanol–water partition coefficient (Wildman–Crippen LogP) is 3.60. The van der Waals surface area contributed by atoms with E-state index >= 15 is 0 Å². The van der Waals surface area contributed by atoms with Crippen molar-refractivity contribution in [3.8, 4) is 5.75 Å². The number of nitrogens with zero attached hydrogens (tertiary/aromatic N) is 1. The summed E-state index contributed by atoms with van der Waals surface area (Å²) < 4.78 is 6.40. The van der Waals surface area contributed by atoms with E-state index in [2.05, 4.69) is 31.8 Å². The molecule has 0 saturated carbocycles. The molecule has 80 valence electrons. The first-order valence-corrected chi connectivity index (χ1v) is 5.77. The molecule has 3 heteroatoms. The highest BCUT2D eigenvalue weighted by molar-refractivity contribution is 7.18. The van der Waals surface area contributed by atoms with Crippen molar-refractivity contribution in [3.05, 3.63) is 23.2 Å². The lowest BCUT2D eigenvalue weighted by Gasteiger charge is -2.13. The van der Waals surface area contributed by atoms with Gasteiger partial charge in [0.25, 0.3) is 0 Å². The Morgan fingerprint density at radius 3 is 2.60 bits per heavy atom. The molecule has 2 aromatic rings. The molecule has 2 nitrogen and oxygen atoms in total. The standard InChI is InChI=1S/C12H15NOS/c1-12(2,3)11-13-9-7-8(14-4)5-6-10(9)15-11/h5-7H,1-4H3. The summed E-state index contributed by atoms with van der Waals surface area (Å²) in [6, 6.07) is 6.04. The topological polar surface area (TPSA) is 22.1 Å². The molecule has 0 aliphatic carbocycles. The number of ether oxygens (including phenoxy) is 1. The summed E-state index contributed by atoms with van der Waals surface area (Å²) in [6.07, 6.45) is 0. The van der Waals surface area contributed by atoms with Gasteiger partial charge in [0.15, 0.2) is 0 Å². The number of thiazole rings is 1.